The Morgan fingerprint density at radius 3 is 2.73 bits per heavy atom. The van der Waals surface area contributed by atoms with Gasteiger partial charge in [0.25, 0.3) is 0 Å². The average molecular weight is 349 g/mol. The molecule has 1 heterocycles. The van der Waals surface area contributed by atoms with Gasteiger partial charge < -0.3 is 10.2 Å². The topological polar surface area (TPSA) is 43.7 Å². The first-order chi connectivity index (χ1) is 12.7. The maximum atomic E-state index is 11.2. The number of piperidine rings is 1. The second kappa shape index (κ2) is 7.26. The summed E-state index contributed by atoms with van der Waals surface area (Å²) in [5.41, 5.74) is 2.10. The van der Waals surface area contributed by atoms with Crippen LogP contribution in [0.2, 0.25) is 0 Å². The van der Waals surface area contributed by atoms with E-state index in [-0.39, 0.29) is 17.6 Å². The first kappa shape index (κ1) is 17.3. The van der Waals surface area contributed by atoms with Crippen LogP contribution in [0.5, 0.6) is 5.75 Å². The van der Waals surface area contributed by atoms with Crippen molar-refractivity contribution in [3.63, 3.8) is 0 Å². The van der Waals surface area contributed by atoms with E-state index >= 15 is 0 Å². The summed E-state index contributed by atoms with van der Waals surface area (Å²) in [5.74, 6) is 0.291. The number of nitrogens with zero attached hydrogens (tertiary/aromatic N) is 1. The molecule has 0 radical (unpaired) electrons. The highest BCUT2D eigenvalue weighted by atomic mass is 16.3. The van der Waals surface area contributed by atoms with E-state index < -0.39 is 0 Å². The maximum Gasteiger partial charge on any atom is 0.115 e. The lowest BCUT2D eigenvalue weighted by Crippen LogP contribution is -2.61. The second-order valence-corrected chi connectivity index (χ2v) is 7.67. The van der Waals surface area contributed by atoms with Gasteiger partial charge in [-0.2, -0.15) is 0 Å². The molecule has 1 saturated carbocycles. The first-order valence-corrected chi connectivity index (χ1v) is 9.62. The van der Waals surface area contributed by atoms with Crippen molar-refractivity contribution in [1.82, 2.24) is 4.90 Å². The summed E-state index contributed by atoms with van der Waals surface area (Å²) in [7, 11) is 0. The number of phenolic OH excluding ortho intramolecular Hbond substituents is 1. The Morgan fingerprint density at radius 1 is 1.08 bits per heavy atom. The van der Waals surface area contributed by atoms with Gasteiger partial charge in [-0.05, 0) is 49.1 Å². The zero-order valence-corrected chi connectivity index (χ0v) is 15.1. The fourth-order valence-electron chi connectivity index (χ4n) is 4.85. The summed E-state index contributed by atoms with van der Waals surface area (Å²) in [5, 5.41) is 21.1. The summed E-state index contributed by atoms with van der Waals surface area (Å²) in [6.45, 7) is 1.85. The van der Waals surface area contributed by atoms with Crippen molar-refractivity contribution in [3.05, 3.63) is 71.8 Å². The monoisotopic (exact) mass is 349 g/mol. The molecule has 4 rings (SSSR count). The Morgan fingerprint density at radius 2 is 1.92 bits per heavy atom. The Labute approximate surface area is 155 Å². The summed E-state index contributed by atoms with van der Waals surface area (Å²) < 4.78 is 0. The molecular weight excluding hydrogens is 322 g/mol. The molecule has 1 aliphatic heterocycles. The molecule has 2 N–H and O–H groups in total. The van der Waals surface area contributed by atoms with Crippen molar-refractivity contribution in [2.75, 3.05) is 13.1 Å². The van der Waals surface area contributed by atoms with E-state index in [1.807, 2.05) is 18.2 Å². The van der Waals surface area contributed by atoms with Gasteiger partial charge in [0, 0.05) is 18.0 Å². The highest BCUT2D eigenvalue weighted by Crippen LogP contribution is 2.47. The third kappa shape index (κ3) is 3.17. The molecule has 1 aliphatic carbocycles. The molecule has 0 aromatic heterocycles. The van der Waals surface area contributed by atoms with E-state index in [1.54, 1.807) is 6.07 Å². The predicted octanol–water partition coefficient (Wildman–Crippen LogP) is 3.96. The number of fused-ring (bicyclic) bond motifs is 2. The number of aromatic hydroxyl groups is 1. The van der Waals surface area contributed by atoms with Gasteiger partial charge in [-0.1, -0.05) is 61.0 Å². The highest BCUT2D eigenvalue weighted by Gasteiger charge is 2.50. The van der Waals surface area contributed by atoms with E-state index in [0.29, 0.717) is 5.75 Å². The van der Waals surface area contributed by atoms with E-state index in [4.69, 9.17) is 0 Å². The van der Waals surface area contributed by atoms with E-state index in [2.05, 4.69) is 47.4 Å². The van der Waals surface area contributed by atoms with Crippen molar-refractivity contribution in [1.29, 1.82) is 0 Å². The molecule has 1 saturated heterocycles. The minimum absolute atomic E-state index is 0.195. The molecule has 0 unspecified atom stereocenters. The molecule has 136 valence electrons. The minimum atomic E-state index is -0.378. The summed E-state index contributed by atoms with van der Waals surface area (Å²) in [4.78, 5) is 2.42. The van der Waals surface area contributed by atoms with Crippen molar-refractivity contribution in [3.8, 4) is 5.75 Å². The van der Waals surface area contributed by atoms with Gasteiger partial charge in [-0.15, -0.1) is 0 Å². The molecule has 2 aromatic carbocycles. The van der Waals surface area contributed by atoms with Crippen LogP contribution in [0.4, 0.5) is 0 Å². The molecule has 3 heteroatoms. The fourth-order valence-corrected chi connectivity index (χ4v) is 4.85. The zero-order chi connectivity index (χ0) is 18.0. The van der Waals surface area contributed by atoms with Crippen molar-refractivity contribution in [2.45, 2.75) is 43.2 Å². The number of hydrogen-bond donors (Lipinski definition) is 2. The number of likely N-dealkylation sites (tertiary alicyclic amines) is 1. The first-order valence-electron chi connectivity index (χ1n) is 9.62. The predicted molar refractivity (Wildman–Crippen MR) is 105 cm³/mol. The SMILES string of the molecule is Oc1cccc([C@@]23CCC[C@@H]([C@@H]2O)N(C/C=C/c2ccccc2)CC3)c1. The number of phenols is 1. The summed E-state index contributed by atoms with van der Waals surface area (Å²) in [6, 6.07) is 18.0. The highest BCUT2D eigenvalue weighted by molar-refractivity contribution is 5.48. The average Bonchev–Trinajstić information content (AvgIpc) is 2.65. The second-order valence-electron chi connectivity index (χ2n) is 7.67. The van der Waals surface area contributed by atoms with Gasteiger partial charge >= 0.3 is 0 Å². The van der Waals surface area contributed by atoms with Crippen LogP contribution in [-0.4, -0.2) is 40.3 Å². The molecule has 2 aromatic rings. The van der Waals surface area contributed by atoms with Crippen molar-refractivity contribution < 1.29 is 10.2 Å². The van der Waals surface area contributed by atoms with Gasteiger partial charge in [0.05, 0.1) is 6.10 Å². The van der Waals surface area contributed by atoms with Crippen LogP contribution in [0.15, 0.2) is 60.7 Å². The molecule has 2 bridgehead atoms. The maximum absolute atomic E-state index is 11.2. The Balaban J connectivity index is 1.50. The van der Waals surface area contributed by atoms with Crippen LogP contribution in [0, 0.1) is 0 Å². The molecule has 3 nitrogen and oxygen atoms in total. The smallest absolute Gasteiger partial charge is 0.115 e. The fraction of sp³-hybridized carbons (Fsp3) is 0.391. The van der Waals surface area contributed by atoms with Crippen LogP contribution in [0.25, 0.3) is 6.08 Å². The van der Waals surface area contributed by atoms with Crippen molar-refractivity contribution >= 4 is 6.08 Å². The third-order valence-corrected chi connectivity index (χ3v) is 6.24. The Kier molecular flexibility index (Phi) is 4.84. The zero-order valence-electron chi connectivity index (χ0n) is 15.1. The summed E-state index contributed by atoms with van der Waals surface area (Å²) >= 11 is 0. The minimum Gasteiger partial charge on any atom is -0.508 e. The number of aliphatic hydroxyl groups excluding tert-OH is 1. The van der Waals surface area contributed by atoms with Gasteiger partial charge in [0.2, 0.25) is 0 Å². The molecule has 0 spiro atoms. The molecule has 26 heavy (non-hydrogen) atoms. The molecule has 0 amide bonds. The van der Waals surface area contributed by atoms with Crippen LogP contribution in [0.1, 0.15) is 36.8 Å². The standard InChI is InChI=1S/C23H27NO2/c25-20-11-4-10-19(17-20)23-13-5-12-21(22(23)26)24(16-14-23)15-6-9-18-7-2-1-3-8-18/h1-4,6-11,17,21-22,25-26H,5,12-16H2/b9-6+/t21-,22-,23-/m0/s1. The molecular formula is C23H27NO2. The number of rotatable bonds is 4. The van der Waals surface area contributed by atoms with E-state index in [0.717, 1.165) is 44.3 Å². The molecule has 3 atom stereocenters. The Hall–Kier alpha value is -2.10. The quantitative estimate of drug-likeness (QED) is 0.878. The van der Waals surface area contributed by atoms with E-state index in [1.165, 1.54) is 5.56 Å². The third-order valence-electron chi connectivity index (χ3n) is 6.24. The number of hydrogen-bond acceptors (Lipinski definition) is 3. The van der Waals surface area contributed by atoms with Crippen LogP contribution in [-0.2, 0) is 5.41 Å². The largest absolute Gasteiger partial charge is 0.508 e. The van der Waals surface area contributed by atoms with Crippen LogP contribution in [0.3, 0.4) is 0 Å². The van der Waals surface area contributed by atoms with Crippen LogP contribution < -0.4 is 0 Å². The van der Waals surface area contributed by atoms with E-state index in [9.17, 15) is 10.2 Å². The van der Waals surface area contributed by atoms with Gasteiger partial charge in [-0.3, -0.25) is 4.90 Å². The van der Waals surface area contributed by atoms with Gasteiger partial charge in [0.15, 0.2) is 0 Å². The molecule has 2 fully saturated rings. The summed E-state index contributed by atoms with van der Waals surface area (Å²) in [6.07, 6.45) is 8.09. The van der Waals surface area contributed by atoms with Crippen molar-refractivity contribution in [2.24, 2.45) is 0 Å². The van der Waals surface area contributed by atoms with Gasteiger partial charge in [0.1, 0.15) is 5.75 Å². The lowest BCUT2D eigenvalue weighted by molar-refractivity contribution is -0.0726. The number of benzene rings is 2. The van der Waals surface area contributed by atoms with Crippen LogP contribution >= 0.6 is 0 Å². The van der Waals surface area contributed by atoms with Gasteiger partial charge in [-0.25, -0.2) is 0 Å². The molecule has 2 aliphatic rings. The lowest BCUT2D eigenvalue weighted by atomic mass is 9.61. The normalized spacial score (nSPS) is 29.1. The lowest BCUT2D eigenvalue weighted by Gasteiger charge is -2.54. The Bertz CT molecular complexity index is 773. The number of aliphatic hydroxyl groups is 1.